The number of hydrogen-bond donors (Lipinski definition) is 17. The first kappa shape index (κ1) is 75.8. The van der Waals surface area contributed by atoms with Crippen LogP contribution in [0.15, 0.2) is 24.3 Å². The van der Waals surface area contributed by atoms with Crippen LogP contribution in [-0.2, 0) is 83.1 Å². The Balaban J connectivity index is 2.23. The number of aromatic hydroxyl groups is 1. The Morgan fingerprint density at radius 2 is 1.03 bits per heavy atom. The highest BCUT2D eigenvalue weighted by Crippen LogP contribution is 2.22. The van der Waals surface area contributed by atoms with Crippen molar-refractivity contribution in [3.05, 3.63) is 29.8 Å². The average molecular weight is 1260 g/mol. The van der Waals surface area contributed by atoms with Gasteiger partial charge in [-0.25, -0.2) is 0 Å². The van der Waals surface area contributed by atoms with Gasteiger partial charge >= 0.3 is 11.9 Å². The second-order valence-electron chi connectivity index (χ2n) is 21.7. The number of Topliss-reactive ketones (excluding diaryl/α,β-unsaturated/α-hetero) is 1. The highest BCUT2D eigenvalue weighted by atomic mass is 16.4. The van der Waals surface area contributed by atoms with E-state index in [-0.39, 0.29) is 50.8 Å². The molecule has 1 aliphatic heterocycles. The van der Waals surface area contributed by atoms with Crippen LogP contribution in [0.2, 0.25) is 0 Å². The summed E-state index contributed by atoms with van der Waals surface area (Å²) >= 11 is 0. The first-order valence-electron chi connectivity index (χ1n) is 28.6. The number of carboxylic acids is 2. The van der Waals surface area contributed by atoms with Gasteiger partial charge in [-0.3, -0.25) is 76.7 Å². The summed E-state index contributed by atoms with van der Waals surface area (Å²) in [5.74, 6) is -18.6. The fourth-order valence-corrected chi connectivity index (χ4v) is 8.94. The van der Waals surface area contributed by atoms with E-state index in [9.17, 15) is 97.1 Å². The molecule has 0 saturated carbocycles. The van der Waals surface area contributed by atoms with Crippen LogP contribution in [0.3, 0.4) is 0 Å². The van der Waals surface area contributed by atoms with Crippen molar-refractivity contribution in [2.75, 3.05) is 26.3 Å². The zero-order valence-corrected chi connectivity index (χ0v) is 50.2. The molecule has 1 fully saturated rings. The number of nitrogens with two attached hydrogens (primary N) is 2. The number of aliphatic carboxylic acids is 2. The Morgan fingerprint density at radius 3 is 1.54 bits per heavy atom. The molecule has 34 heteroatoms. The average Bonchev–Trinajstić information content (AvgIpc) is 2.17. The topological polar surface area (TPSA) is 550 Å². The third-order valence-corrected chi connectivity index (χ3v) is 13.8. The van der Waals surface area contributed by atoms with Gasteiger partial charge in [0.2, 0.25) is 76.7 Å². The fraction of sp³-hybridized carbons (Fsp3) is 0.600. The Labute approximate surface area is 511 Å². The van der Waals surface area contributed by atoms with Crippen molar-refractivity contribution >= 4 is 94.5 Å². The first-order chi connectivity index (χ1) is 41.7. The third kappa shape index (κ3) is 25.9. The van der Waals surface area contributed by atoms with Gasteiger partial charge in [0.25, 0.3) is 5.91 Å². The van der Waals surface area contributed by atoms with Crippen molar-refractivity contribution in [1.29, 1.82) is 0 Å². The molecule has 0 spiro atoms. The van der Waals surface area contributed by atoms with Gasteiger partial charge in [-0.05, 0) is 68.1 Å². The summed E-state index contributed by atoms with van der Waals surface area (Å²) in [6.45, 7) is 5.93. The summed E-state index contributed by atoms with van der Waals surface area (Å²) in [6, 6.07) is -9.89. The summed E-state index contributed by atoms with van der Waals surface area (Å²) < 4.78 is 0. The fourth-order valence-electron chi connectivity index (χ4n) is 8.94. The normalized spacial score (nSPS) is 15.8. The number of aliphatic hydroxyl groups is 2. The second kappa shape index (κ2) is 37.4. The van der Waals surface area contributed by atoms with Gasteiger partial charge in [-0.2, -0.15) is 0 Å². The van der Waals surface area contributed by atoms with Crippen molar-refractivity contribution in [2.45, 2.75) is 173 Å². The van der Waals surface area contributed by atoms with Gasteiger partial charge < -0.3 is 95.1 Å². The Kier molecular flexibility index (Phi) is 31.8. The van der Waals surface area contributed by atoms with E-state index in [1.54, 1.807) is 20.8 Å². The molecule has 13 amide bonds. The van der Waals surface area contributed by atoms with Crippen LogP contribution >= 0.6 is 0 Å². The lowest BCUT2D eigenvalue weighted by molar-refractivity contribution is -0.144. The van der Waals surface area contributed by atoms with Gasteiger partial charge in [0.15, 0.2) is 0 Å². The van der Waals surface area contributed by atoms with Crippen molar-refractivity contribution in [1.82, 2.24) is 58.1 Å². The standard InChI is InChI=1S/C55H83N13O21/c1-7-9-31(45(79)54(88)58-23-40(74)60-33(15-18-39(56)73)48(82)65-37(25-70)51(85)63-35(22-29-11-13-30(72)14-12-29)50(84)64-36(24-69)46(57)80)61-52(86)38-10-8-21-68(38)55(89)44(27(4)5)67-53(87)43(26(2)3)66-49(83)34(17-20-42(77)78)62-47(81)32(59-28(6)71)16-19-41(75)76/h11-14,26-27,31-38,43-44,69-70,72H,7-10,15-25H2,1-6H3,(H2,56,73)(H2,57,80)(H,58,88)(H,59,71)(H,60,74)(H,61,86)(H,62,81)(H,63,85)(H,64,84)(H,65,82)(H,66,83)(H,67,87)(H,75,76)(H,77,78)/t31-,32-,33+,34-,35-,36-,37-,38?,43-,44-/m0/s1. The van der Waals surface area contributed by atoms with Gasteiger partial charge in [0, 0.05) is 39.2 Å². The minimum atomic E-state index is -1.85. The van der Waals surface area contributed by atoms with Crippen LogP contribution in [0, 0.1) is 11.8 Å². The number of carboxylic acid groups (broad SMARTS) is 2. The number of primary amides is 2. The maximum atomic E-state index is 14.3. The maximum Gasteiger partial charge on any atom is 0.303 e. The smallest absolute Gasteiger partial charge is 0.303 e. The number of carbonyl (C=O) groups is 16. The highest BCUT2D eigenvalue weighted by molar-refractivity contribution is 6.38. The lowest BCUT2D eigenvalue weighted by atomic mass is 9.98. The summed E-state index contributed by atoms with van der Waals surface area (Å²) in [5, 5.41) is 71.1. The van der Waals surface area contributed by atoms with E-state index in [0.29, 0.717) is 5.56 Å². The van der Waals surface area contributed by atoms with E-state index in [2.05, 4.69) is 53.2 Å². The first-order valence-corrected chi connectivity index (χ1v) is 28.6. The lowest BCUT2D eigenvalue weighted by Gasteiger charge is -2.33. The van der Waals surface area contributed by atoms with Crippen molar-refractivity contribution in [3.63, 3.8) is 0 Å². The summed E-state index contributed by atoms with van der Waals surface area (Å²) in [7, 11) is 0. The van der Waals surface area contributed by atoms with E-state index in [0.717, 1.165) is 6.92 Å². The monoisotopic (exact) mass is 1260 g/mol. The van der Waals surface area contributed by atoms with Gasteiger partial charge in [0.05, 0.1) is 25.8 Å². The molecule has 10 atom stereocenters. The molecule has 1 heterocycles. The minimum Gasteiger partial charge on any atom is -0.508 e. The summed E-state index contributed by atoms with van der Waals surface area (Å²) in [5.41, 5.74) is 10.9. The zero-order valence-electron chi connectivity index (χ0n) is 50.2. The number of likely N-dealkylation sites (tertiary alicyclic amines) is 1. The third-order valence-electron chi connectivity index (χ3n) is 13.8. The molecule has 2 rings (SSSR count). The van der Waals surface area contributed by atoms with E-state index in [1.165, 1.54) is 43.0 Å². The molecule has 1 aromatic carbocycles. The predicted octanol–water partition coefficient (Wildman–Crippen LogP) is -6.43. The molecule has 0 radical (unpaired) electrons. The Hall–Kier alpha value is -9.34. The van der Waals surface area contributed by atoms with E-state index in [4.69, 9.17) is 16.6 Å². The largest absolute Gasteiger partial charge is 0.508 e. The molecule has 34 nitrogen and oxygen atoms in total. The Bertz CT molecular complexity index is 2750. The predicted molar refractivity (Wildman–Crippen MR) is 308 cm³/mol. The molecule has 1 aromatic rings. The number of rotatable bonds is 39. The number of ketones is 1. The van der Waals surface area contributed by atoms with Gasteiger partial charge in [0.1, 0.15) is 60.1 Å². The number of phenols is 1. The van der Waals surface area contributed by atoms with E-state index in [1.807, 2.05) is 0 Å². The molecule has 0 aliphatic carbocycles. The number of amides is 13. The van der Waals surface area contributed by atoms with E-state index < -0.39 is 219 Å². The van der Waals surface area contributed by atoms with E-state index >= 15 is 0 Å². The molecule has 1 aliphatic rings. The van der Waals surface area contributed by atoms with Crippen LogP contribution in [0.5, 0.6) is 5.75 Å². The SMILES string of the molecule is CCC[C@H](NC(=O)C1CCCN1C(=O)[C@@H](NC(=O)[C@@H](NC(=O)[C@H](CCC(=O)O)NC(=O)[C@H](CCC(=O)O)NC(C)=O)C(C)C)C(C)C)C(=O)C(=O)NCC(=O)N[C@H](CCC(N)=O)C(=O)N[C@@H](CO)C(=O)N[C@@H](Cc1ccc(O)cc1)C(=O)N[C@@H](CO)C(N)=O. The van der Waals surface area contributed by atoms with Crippen LogP contribution in [0.25, 0.3) is 0 Å². The van der Waals surface area contributed by atoms with Crippen molar-refractivity contribution < 1.29 is 102 Å². The lowest BCUT2D eigenvalue weighted by Crippen LogP contribution is -2.61. The van der Waals surface area contributed by atoms with Gasteiger partial charge in [-0.15, -0.1) is 0 Å². The molecule has 0 aromatic heterocycles. The van der Waals surface area contributed by atoms with Crippen LogP contribution in [0.1, 0.15) is 111 Å². The van der Waals surface area contributed by atoms with Crippen LogP contribution in [0.4, 0.5) is 0 Å². The van der Waals surface area contributed by atoms with Crippen molar-refractivity contribution in [2.24, 2.45) is 23.3 Å². The number of nitrogens with zero attached hydrogens (tertiary/aromatic N) is 1. The maximum absolute atomic E-state index is 14.3. The second-order valence-corrected chi connectivity index (χ2v) is 21.7. The molecule has 494 valence electrons. The Morgan fingerprint density at radius 1 is 0.562 bits per heavy atom. The number of carbonyl (C=O) groups excluding carboxylic acids is 14. The van der Waals surface area contributed by atoms with Crippen LogP contribution < -0.4 is 64.6 Å². The molecule has 1 saturated heterocycles. The van der Waals surface area contributed by atoms with Crippen molar-refractivity contribution in [3.8, 4) is 5.75 Å². The molecular formula is C55H83N13O21. The summed E-state index contributed by atoms with van der Waals surface area (Å²) in [6.07, 6.45) is -2.95. The number of aliphatic hydroxyl groups excluding tert-OH is 2. The quantitative estimate of drug-likeness (QED) is 0.0273. The molecular weight excluding hydrogens is 1180 g/mol. The number of nitrogens with one attached hydrogen (secondary N) is 10. The number of benzene rings is 1. The molecule has 89 heavy (non-hydrogen) atoms. The van der Waals surface area contributed by atoms with Crippen LogP contribution in [-0.4, -0.2) is 212 Å². The zero-order chi connectivity index (χ0) is 67.4. The number of phenolic OH excluding ortho intramolecular Hbond substituents is 1. The summed E-state index contributed by atoms with van der Waals surface area (Å²) in [4.78, 5) is 209. The van der Waals surface area contributed by atoms with Gasteiger partial charge in [-0.1, -0.05) is 53.2 Å². The molecule has 1 unspecified atom stereocenters. The number of hydrogen-bond acceptors (Lipinski definition) is 19. The minimum absolute atomic E-state index is 0.00101. The molecule has 19 N–H and O–H groups in total. The molecule has 0 bridgehead atoms. The highest BCUT2D eigenvalue weighted by Gasteiger charge is 2.42.